The van der Waals surface area contributed by atoms with Crippen LogP contribution in [0.4, 0.5) is 4.79 Å². The number of nitrogens with one attached hydrogen (secondary N) is 1. The Bertz CT molecular complexity index is 1130. The predicted octanol–water partition coefficient (Wildman–Crippen LogP) is 3.09. The van der Waals surface area contributed by atoms with E-state index in [1.54, 1.807) is 6.92 Å². The van der Waals surface area contributed by atoms with E-state index in [9.17, 15) is 19.5 Å². The van der Waals surface area contributed by atoms with Gasteiger partial charge in [-0.3, -0.25) is 9.59 Å². The third-order valence-corrected chi connectivity index (χ3v) is 8.64. The van der Waals surface area contributed by atoms with Crippen molar-refractivity contribution >= 4 is 17.8 Å². The van der Waals surface area contributed by atoms with E-state index in [1.165, 1.54) is 6.92 Å². The van der Waals surface area contributed by atoms with Gasteiger partial charge < -0.3 is 24.6 Å². The van der Waals surface area contributed by atoms with Crippen LogP contribution in [0.1, 0.15) is 39.7 Å². The van der Waals surface area contributed by atoms with Gasteiger partial charge in [0.2, 0.25) is 5.60 Å². The largest absolute Gasteiger partial charge is 0.514 e. The van der Waals surface area contributed by atoms with Crippen molar-refractivity contribution in [3.05, 3.63) is 60.4 Å². The molecule has 8 nitrogen and oxygen atoms in total. The van der Waals surface area contributed by atoms with E-state index in [0.29, 0.717) is 12.8 Å². The number of aliphatic hydroxyl groups is 1. The van der Waals surface area contributed by atoms with Crippen LogP contribution in [-0.4, -0.2) is 51.9 Å². The van der Waals surface area contributed by atoms with E-state index in [-0.39, 0.29) is 29.9 Å². The zero-order valence-electron chi connectivity index (χ0n) is 21.0. The summed E-state index contributed by atoms with van der Waals surface area (Å²) >= 11 is 0. The Morgan fingerprint density at radius 1 is 1.11 bits per heavy atom. The number of ether oxygens (including phenoxy) is 3. The fourth-order valence-electron chi connectivity index (χ4n) is 6.51. The highest BCUT2D eigenvalue weighted by Crippen LogP contribution is 2.63. The summed E-state index contributed by atoms with van der Waals surface area (Å²) in [6, 6.07) is 9.58. The van der Waals surface area contributed by atoms with Crippen LogP contribution in [0, 0.1) is 23.7 Å². The molecule has 9 atom stereocenters. The maximum atomic E-state index is 13.8. The van der Waals surface area contributed by atoms with Gasteiger partial charge in [0, 0.05) is 17.9 Å². The molecule has 36 heavy (non-hydrogen) atoms. The predicted molar refractivity (Wildman–Crippen MR) is 129 cm³/mol. The monoisotopic (exact) mass is 495 g/mol. The van der Waals surface area contributed by atoms with Crippen LogP contribution in [-0.2, 0) is 30.2 Å². The fourth-order valence-corrected chi connectivity index (χ4v) is 6.51. The number of rotatable bonds is 2. The Labute approximate surface area is 210 Å². The molecule has 0 radical (unpaired) electrons. The molecule has 1 aromatic rings. The first kappa shape index (κ1) is 24.7. The average Bonchev–Trinajstić information content (AvgIpc) is 3.45. The van der Waals surface area contributed by atoms with Gasteiger partial charge in [0.05, 0.1) is 23.9 Å². The lowest BCUT2D eigenvalue weighted by molar-refractivity contribution is -0.153. The zero-order chi connectivity index (χ0) is 25.9. The Morgan fingerprint density at radius 3 is 2.56 bits per heavy atom. The first-order valence-electron chi connectivity index (χ1n) is 12.5. The first-order valence-corrected chi connectivity index (χ1v) is 12.5. The number of benzene rings is 1. The second-order valence-electron chi connectivity index (χ2n) is 11.0. The van der Waals surface area contributed by atoms with E-state index in [2.05, 4.69) is 5.32 Å². The zero-order valence-corrected chi connectivity index (χ0v) is 21.0. The Morgan fingerprint density at radius 2 is 1.83 bits per heavy atom. The third-order valence-electron chi connectivity index (χ3n) is 8.64. The normalized spacial score (nSPS) is 45.8. The second kappa shape index (κ2) is 8.56. The summed E-state index contributed by atoms with van der Waals surface area (Å²) in [4.78, 5) is 39.5. The van der Waals surface area contributed by atoms with Crippen molar-refractivity contribution in [1.82, 2.24) is 5.32 Å². The summed E-state index contributed by atoms with van der Waals surface area (Å²) in [6.45, 7) is 7.15. The van der Waals surface area contributed by atoms with E-state index in [4.69, 9.17) is 14.2 Å². The quantitative estimate of drug-likeness (QED) is 0.368. The van der Waals surface area contributed by atoms with Crippen LogP contribution in [0.2, 0.25) is 0 Å². The summed E-state index contributed by atoms with van der Waals surface area (Å²) < 4.78 is 17.3. The van der Waals surface area contributed by atoms with Gasteiger partial charge in [0.15, 0.2) is 5.78 Å². The molecule has 1 unspecified atom stereocenters. The highest BCUT2D eigenvalue weighted by Gasteiger charge is 2.78. The van der Waals surface area contributed by atoms with Crippen molar-refractivity contribution in [2.45, 2.75) is 69.5 Å². The maximum absolute atomic E-state index is 13.8. The molecule has 4 aliphatic rings. The summed E-state index contributed by atoms with van der Waals surface area (Å²) in [6.07, 6.45) is 5.28. The molecule has 3 aliphatic heterocycles. The smallest absolute Gasteiger partial charge is 0.416 e. The van der Waals surface area contributed by atoms with Crippen molar-refractivity contribution in [2.75, 3.05) is 0 Å². The maximum Gasteiger partial charge on any atom is 0.514 e. The molecule has 8 heteroatoms. The first-order chi connectivity index (χ1) is 17.0. The van der Waals surface area contributed by atoms with Gasteiger partial charge in [-0.05, 0) is 44.2 Å². The molecule has 3 fully saturated rings. The van der Waals surface area contributed by atoms with Crippen LogP contribution in [0.15, 0.2) is 54.8 Å². The van der Waals surface area contributed by atoms with Crippen LogP contribution < -0.4 is 5.32 Å². The van der Waals surface area contributed by atoms with Gasteiger partial charge in [0.25, 0.3) is 5.91 Å². The molecule has 192 valence electrons. The highest BCUT2D eigenvalue weighted by molar-refractivity contribution is 5.92. The van der Waals surface area contributed by atoms with Crippen molar-refractivity contribution in [3.8, 4) is 0 Å². The molecule has 2 saturated heterocycles. The van der Waals surface area contributed by atoms with Gasteiger partial charge in [-0.2, -0.15) is 0 Å². The van der Waals surface area contributed by atoms with Crippen molar-refractivity contribution in [1.29, 1.82) is 0 Å². The number of amides is 1. The number of hydrogen-bond donors (Lipinski definition) is 2. The highest BCUT2D eigenvalue weighted by atomic mass is 16.7. The lowest BCUT2D eigenvalue weighted by atomic mass is 9.59. The van der Waals surface area contributed by atoms with E-state index < -0.39 is 40.6 Å². The number of carbonyl (C=O) groups excluding carboxylic acids is 3. The van der Waals surface area contributed by atoms with Crippen LogP contribution in [0.25, 0.3) is 0 Å². The van der Waals surface area contributed by atoms with E-state index >= 15 is 0 Å². The molecule has 2 N–H and O–H groups in total. The molecule has 0 bridgehead atoms. The molecule has 1 saturated carbocycles. The summed E-state index contributed by atoms with van der Waals surface area (Å²) in [5, 5.41) is 13.7. The molecular weight excluding hydrogens is 462 g/mol. The van der Waals surface area contributed by atoms with Gasteiger partial charge >= 0.3 is 6.16 Å². The Hall–Kier alpha value is -2.97. The average molecular weight is 496 g/mol. The van der Waals surface area contributed by atoms with Gasteiger partial charge in [-0.25, -0.2) is 4.79 Å². The number of Topliss-reactive ketones (excluding diaryl/α,β-unsaturated/α-hetero) is 1. The minimum absolute atomic E-state index is 0.0972. The van der Waals surface area contributed by atoms with Gasteiger partial charge in [0.1, 0.15) is 5.60 Å². The topological polar surface area (TPSA) is 114 Å². The molecule has 1 aromatic carbocycles. The standard InChI is InChI=1S/C28H33NO7/c1-16-9-8-12-19-23-27(4,35-23)17(2)21-20(15-18-10-6-5-7-11-18)29-24(31)28(19,21)36-25(32)34-14-13-26(3,33)22(16)30/h5-8,10-14,16-17,19-21,23,33H,9,15H2,1-4H3,(H,29,31)/b12-8-,14-13-/t16-,17-,19-,20-,21-,23-,26+,27+,28?/m0/s1. The molecule has 0 aromatic heterocycles. The van der Waals surface area contributed by atoms with Gasteiger partial charge in [-0.1, -0.05) is 56.3 Å². The molecule has 1 spiro atoms. The number of allylic oxidation sites excluding steroid dienone is 1. The second-order valence-corrected chi connectivity index (χ2v) is 11.0. The minimum atomic E-state index is -1.81. The number of ketones is 1. The minimum Gasteiger partial charge on any atom is -0.416 e. The summed E-state index contributed by atoms with van der Waals surface area (Å²) in [5.74, 6) is -2.32. The Kier molecular flexibility index (Phi) is 5.87. The fraction of sp³-hybridized carbons (Fsp3) is 0.536. The molecular formula is C28H33NO7. The molecule has 1 amide bonds. The number of carbonyl (C=O) groups is 3. The van der Waals surface area contributed by atoms with Crippen LogP contribution in [0.3, 0.4) is 0 Å². The summed E-state index contributed by atoms with van der Waals surface area (Å²) in [7, 11) is 0. The number of epoxide rings is 1. The van der Waals surface area contributed by atoms with Crippen molar-refractivity contribution in [2.24, 2.45) is 23.7 Å². The SMILES string of the molecule is C[C@H]1C/C=C\[C@H]2[C@@H]3O[C@]3(C)[C@@H](C)[C@H]3[C@H](Cc4ccccc4)NC(=O)C32OC(=O)O/C=C\[C@@](C)(O)C1=O. The van der Waals surface area contributed by atoms with Crippen molar-refractivity contribution < 1.29 is 33.7 Å². The molecule has 1 aliphatic carbocycles. The number of cyclic esters (lactones) is 1. The van der Waals surface area contributed by atoms with Crippen LogP contribution >= 0.6 is 0 Å². The lowest BCUT2D eigenvalue weighted by Gasteiger charge is -2.45. The summed E-state index contributed by atoms with van der Waals surface area (Å²) in [5.41, 5.74) is -2.76. The van der Waals surface area contributed by atoms with Crippen molar-refractivity contribution in [3.63, 3.8) is 0 Å². The van der Waals surface area contributed by atoms with Crippen LogP contribution in [0.5, 0.6) is 0 Å². The molecule has 3 heterocycles. The van der Waals surface area contributed by atoms with Gasteiger partial charge in [-0.15, -0.1) is 0 Å². The Balaban J connectivity index is 1.58. The molecule has 5 rings (SSSR count). The third kappa shape index (κ3) is 3.78. The van der Waals surface area contributed by atoms with E-state index in [0.717, 1.165) is 17.9 Å². The number of fused-ring (bicyclic) bond motifs is 2. The van der Waals surface area contributed by atoms with E-state index in [1.807, 2.05) is 56.3 Å². The number of hydrogen-bond acceptors (Lipinski definition) is 7. The lowest BCUT2D eigenvalue weighted by Crippen LogP contribution is -2.61.